The average Bonchev–Trinajstić information content (AvgIpc) is 2.76. The summed E-state index contributed by atoms with van der Waals surface area (Å²) in [6.07, 6.45) is 3.16. The molecule has 0 aromatic heterocycles. The molecule has 1 fully saturated rings. The van der Waals surface area contributed by atoms with Gasteiger partial charge in [-0.15, -0.1) is 24.0 Å². The summed E-state index contributed by atoms with van der Waals surface area (Å²) < 4.78 is 13.0. The van der Waals surface area contributed by atoms with Crippen molar-refractivity contribution in [2.75, 3.05) is 26.7 Å². The molecule has 0 unspecified atom stereocenters. The van der Waals surface area contributed by atoms with Crippen LogP contribution in [0.15, 0.2) is 59.6 Å². The largest absolute Gasteiger partial charge is 0.352 e. The molecule has 0 spiro atoms. The van der Waals surface area contributed by atoms with Gasteiger partial charge in [-0.1, -0.05) is 42.5 Å². The number of benzene rings is 2. The summed E-state index contributed by atoms with van der Waals surface area (Å²) in [4.78, 5) is 18.6. The smallest absolute Gasteiger partial charge is 0.241 e. The van der Waals surface area contributed by atoms with E-state index in [1.165, 1.54) is 17.7 Å². The number of aliphatic imine (C=N–C) groups is 1. The number of guanidine groups is 1. The molecule has 1 saturated heterocycles. The minimum Gasteiger partial charge on any atom is -0.352 e. The second-order valence-corrected chi connectivity index (χ2v) is 7.42. The molecular formula is C23H30FIN4O. The van der Waals surface area contributed by atoms with Gasteiger partial charge in [-0.2, -0.15) is 0 Å². The highest BCUT2D eigenvalue weighted by molar-refractivity contribution is 14.0. The van der Waals surface area contributed by atoms with Gasteiger partial charge in [-0.3, -0.25) is 9.79 Å². The van der Waals surface area contributed by atoms with Gasteiger partial charge in [0.25, 0.3) is 0 Å². The van der Waals surface area contributed by atoms with E-state index in [1.807, 2.05) is 11.0 Å². The van der Waals surface area contributed by atoms with Crippen LogP contribution >= 0.6 is 24.0 Å². The zero-order chi connectivity index (χ0) is 20.5. The molecular weight excluding hydrogens is 494 g/mol. The summed E-state index contributed by atoms with van der Waals surface area (Å²) in [5.41, 5.74) is 2.32. The molecule has 30 heavy (non-hydrogen) atoms. The van der Waals surface area contributed by atoms with Crippen LogP contribution in [-0.4, -0.2) is 43.4 Å². The van der Waals surface area contributed by atoms with Crippen LogP contribution in [0.2, 0.25) is 0 Å². The quantitative estimate of drug-likeness (QED) is 0.345. The van der Waals surface area contributed by atoms with Crippen molar-refractivity contribution < 1.29 is 9.18 Å². The lowest BCUT2D eigenvalue weighted by Crippen LogP contribution is -2.46. The Kier molecular flexibility index (Phi) is 10.1. The van der Waals surface area contributed by atoms with E-state index in [2.05, 4.69) is 39.9 Å². The highest BCUT2D eigenvalue weighted by Crippen LogP contribution is 2.21. The van der Waals surface area contributed by atoms with E-state index in [0.717, 1.165) is 37.9 Å². The number of nitrogens with one attached hydrogen (secondary N) is 2. The van der Waals surface area contributed by atoms with Crippen molar-refractivity contribution in [1.82, 2.24) is 15.5 Å². The maximum absolute atomic E-state index is 13.0. The van der Waals surface area contributed by atoms with Crippen LogP contribution in [0.4, 0.5) is 4.39 Å². The number of amides is 1. The predicted octanol–water partition coefficient (Wildman–Crippen LogP) is 3.59. The Morgan fingerprint density at radius 1 is 1.03 bits per heavy atom. The fourth-order valence-corrected chi connectivity index (χ4v) is 3.61. The fraction of sp³-hybridized carbons (Fsp3) is 0.391. The number of hydrogen-bond donors (Lipinski definition) is 2. The van der Waals surface area contributed by atoms with Gasteiger partial charge in [-0.05, 0) is 48.4 Å². The first kappa shape index (κ1) is 24.1. The fourth-order valence-electron chi connectivity index (χ4n) is 3.61. The Bertz CT molecular complexity index is 806. The molecule has 7 heteroatoms. The van der Waals surface area contributed by atoms with E-state index in [-0.39, 0.29) is 42.2 Å². The topological polar surface area (TPSA) is 56.7 Å². The number of halogens is 2. The van der Waals surface area contributed by atoms with E-state index in [9.17, 15) is 9.18 Å². The summed E-state index contributed by atoms with van der Waals surface area (Å²) >= 11 is 0. The van der Waals surface area contributed by atoms with Gasteiger partial charge >= 0.3 is 0 Å². The third kappa shape index (κ3) is 7.59. The molecule has 0 radical (unpaired) electrons. The number of carbonyl (C=O) groups is 1. The number of nitrogens with zero attached hydrogens (tertiary/aromatic N) is 2. The predicted molar refractivity (Wildman–Crippen MR) is 129 cm³/mol. The summed E-state index contributed by atoms with van der Waals surface area (Å²) in [7, 11) is 1.67. The maximum atomic E-state index is 13.0. The minimum absolute atomic E-state index is 0. The molecule has 1 amide bonds. The summed E-state index contributed by atoms with van der Waals surface area (Å²) in [5, 5.41) is 6.22. The molecule has 2 N–H and O–H groups in total. The molecule has 0 aliphatic carbocycles. The van der Waals surface area contributed by atoms with E-state index in [0.29, 0.717) is 18.4 Å². The van der Waals surface area contributed by atoms with E-state index >= 15 is 0 Å². The molecule has 2 aromatic rings. The second kappa shape index (κ2) is 12.5. The monoisotopic (exact) mass is 524 g/mol. The Hall–Kier alpha value is -2.16. The first-order valence-corrected chi connectivity index (χ1v) is 10.1. The van der Waals surface area contributed by atoms with Crippen molar-refractivity contribution >= 4 is 35.8 Å². The Morgan fingerprint density at radius 3 is 2.33 bits per heavy atom. The summed E-state index contributed by atoms with van der Waals surface area (Å²) in [6.45, 7) is 2.34. The summed E-state index contributed by atoms with van der Waals surface area (Å²) in [6, 6.07) is 16.8. The standard InChI is InChI=1S/C23H29FN4O.HI/c1-25-23(26-16-20-7-9-21(24)10-8-20)27-17-22(29)28-13-11-19(12-14-28)15-18-5-3-2-4-6-18;/h2-10,19H,11-17H2,1H3,(H2,25,26,27);1H. The lowest BCUT2D eigenvalue weighted by molar-refractivity contribution is -0.131. The first-order valence-electron chi connectivity index (χ1n) is 10.1. The number of piperidine rings is 1. The molecule has 1 heterocycles. The van der Waals surface area contributed by atoms with Crippen LogP contribution in [0, 0.1) is 11.7 Å². The van der Waals surface area contributed by atoms with Gasteiger partial charge in [0.2, 0.25) is 5.91 Å². The number of rotatable bonds is 6. The molecule has 2 aromatic carbocycles. The summed E-state index contributed by atoms with van der Waals surface area (Å²) in [5.74, 6) is 1.03. The molecule has 162 valence electrons. The van der Waals surface area contributed by atoms with Gasteiger partial charge in [0.1, 0.15) is 5.82 Å². The van der Waals surface area contributed by atoms with Gasteiger partial charge in [0.05, 0.1) is 6.54 Å². The Balaban J connectivity index is 0.00000320. The number of likely N-dealkylation sites (tertiary alicyclic amines) is 1. The van der Waals surface area contributed by atoms with E-state index in [4.69, 9.17) is 0 Å². The highest BCUT2D eigenvalue weighted by atomic mass is 127. The SMILES string of the molecule is CN=C(NCC(=O)N1CCC(Cc2ccccc2)CC1)NCc1ccc(F)cc1.I. The number of carbonyl (C=O) groups excluding carboxylic acids is 1. The Morgan fingerprint density at radius 2 is 1.70 bits per heavy atom. The lowest BCUT2D eigenvalue weighted by atomic mass is 9.90. The molecule has 1 aliphatic rings. The van der Waals surface area contributed by atoms with Crippen LogP contribution in [0.1, 0.15) is 24.0 Å². The molecule has 0 bridgehead atoms. The van der Waals surface area contributed by atoms with Crippen LogP contribution < -0.4 is 10.6 Å². The first-order chi connectivity index (χ1) is 14.1. The van der Waals surface area contributed by atoms with Crippen molar-refractivity contribution in [1.29, 1.82) is 0 Å². The molecule has 0 saturated carbocycles. The van der Waals surface area contributed by atoms with Crippen LogP contribution in [0.25, 0.3) is 0 Å². The number of hydrogen-bond acceptors (Lipinski definition) is 2. The van der Waals surface area contributed by atoms with Gasteiger partial charge in [-0.25, -0.2) is 4.39 Å². The average molecular weight is 524 g/mol. The van der Waals surface area contributed by atoms with Crippen molar-refractivity contribution in [3.8, 4) is 0 Å². The van der Waals surface area contributed by atoms with Crippen LogP contribution in [-0.2, 0) is 17.8 Å². The third-order valence-electron chi connectivity index (χ3n) is 5.34. The van der Waals surface area contributed by atoms with Gasteiger partial charge in [0, 0.05) is 26.7 Å². The molecule has 5 nitrogen and oxygen atoms in total. The van der Waals surface area contributed by atoms with Crippen molar-refractivity contribution in [2.24, 2.45) is 10.9 Å². The maximum Gasteiger partial charge on any atom is 0.241 e. The van der Waals surface area contributed by atoms with Crippen LogP contribution in [0.5, 0.6) is 0 Å². The minimum atomic E-state index is -0.255. The van der Waals surface area contributed by atoms with Crippen molar-refractivity contribution in [2.45, 2.75) is 25.8 Å². The zero-order valence-electron chi connectivity index (χ0n) is 17.3. The molecule has 0 atom stereocenters. The van der Waals surface area contributed by atoms with Crippen LogP contribution in [0.3, 0.4) is 0 Å². The lowest BCUT2D eigenvalue weighted by Gasteiger charge is -2.32. The van der Waals surface area contributed by atoms with E-state index < -0.39 is 0 Å². The second-order valence-electron chi connectivity index (χ2n) is 7.42. The molecule has 3 rings (SSSR count). The van der Waals surface area contributed by atoms with E-state index in [1.54, 1.807) is 19.2 Å². The molecule has 1 aliphatic heterocycles. The highest BCUT2D eigenvalue weighted by Gasteiger charge is 2.22. The normalized spacial score (nSPS) is 14.7. The van der Waals surface area contributed by atoms with Crippen molar-refractivity contribution in [3.05, 3.63) is 71.5 Å². The third-order valence-corrected chi connectivity index (χ3v) is 5.34. The zero-order valence-corrected chi connectivity index (χ0v) is 19.6. The van der Waals surface area contributed by atoms with Gasteiger partial charge in [0.15, 0.2) is 5.96 Å². The Labute approximate surface area is 195 Å². The van der Waals surface area contributed by atoms with Gasteiger partial charge < -0.3 is 15.5 Å². The van der Waals surface area contributed by atoms with Crippen molar-refractivity contribution in [3.63, 3.8) is 0 Å².